The molecule has 1 aromatic carbocycles. The van der Waals surface area contributed by atoms with Crippen LogP contribution in [-0.2, 0) is 6.42 Å². The van der Waals surface area contributed by atoms with Crippen molar-refractivity contribution in [2.24, 2.45) is 0 Å². The summed E-state index contributed by atoms with van der Waals surface area (Å²) in [6, 6.07) is 6.20. The van der Waals surface area contributed by atoms with Gasteiger partial charge in [0.05, 0.1) is 5.02 Å². The van der Waals surface area contributed by atoms with Crippen LogP contribution in [0.4, 0.5) is 0 Å². The van der Waals surface area contributed by atoms with E-state index >= 15 is 0 Å². The van der Waals surface area contributed by atoms with E-state index in [2.05, 4.69) is 18.0 Å². The monoisotopic (exact) mass is 179 g/mol. The second-order valence-electron chi connectivity index (χ2n) is 2.83. The van der Waals surface area contributed by atoms with Crippen molar-refractivity contribution in [3.8, 4) is 0 Å². The van der Waals surface area contributed by atoms with Crippen molar-refractivity contribution in [3.63, 3.8) is 0 Å². The minimum absolute atomic E-state index is 0.822. The van der Waals surface area contributed by atoms with E-state index in [4.69, 9.17) is 11.6 Å². The molecule has 0 fully saturated rings. The van der Waals surface area contributed by atoms with E-state index in [1.165, 1.54) is 10.9 Å². The molecule has 2 heteroatoms. The second kappa shape index (κ2) is 2.83. The van der Waals surface area contributed by atoms with Gasteiger partial charge in [-0.3, -0.25) is 0 Å². The molecule has 1 N–H and O–H groups in total. The standard InChI is InChI=1S/C10H10ClN/c1-2-7-4-3-5-9-10(7)8(11)6-12-9/h3-6,12H,2H2,1H3. The maximum absolute atomic E-state index is 6.03. The molecule has 0 atom stereocenters. The molecule has 1 aromatic heterocycles. The van der Waals surface area contributed by atoms with Crippen LogP contribution in [0.25, 0.3) is 10.9 Å². The Bertz CT molecular complexity index is 403. The van der Waals surface area contributed by atoms with Gasteiger partial charge in [-0.25, -0.2) is 0 Å². The summed E-state index contributed by atoms with van der Waals surface area (Å²) >= 11 is 6.03. The highest BCUT2D eigenvalue weighted by Gasteiger charge is 2.03. The van der Waals surface area contributed by atoms with E-state index in [0.29, 0.717) is 0 Å². The summed E-state index contributed by atoms with van der Waals surface area (Å²) in [4.78, 5) is 3.13. The number of nitrogens with one attached hydrogen (secondary N) is 1. The van der Waals surface area contributed by atoms with Crippen LogP contribution in [0.15, 0.2) is 24.4 Å². The lowest BCUT2D eigenvalue weighted by Gasteiger charge is -1.98. The smallest absolute Gasteiger partial charge is 0.0661 e. The molecule has 0 saturated carbocycles. The average Bonchev–Trinajstić information content (AvgIpc) is 2.48. The molecular weight excluding hydrogens is 170 g/mol. The molecule has 0 saturated heterocycles. The van der Waals surface area contributed by atoms with Gasteiger partial charge in [-0.05, 0) is 18.1 Å². The zero-order chi connectivity index (χ0) is 8.55. The molecule has 0 aliphatic rings. The lowest BCUT2D eigenvalue weighted by molar-refractivity contribution is 1.16. The third-order valence-corrected chi connectivity index (χ3v) is 2.42. The Labute approximate surface area is 76.4 Å². The summed E-state index contributed by atoms with van der Waals surface area (Å²) in [5.74, 6) is 0. The number of aromatic amines is 1. The van der Waals surface area contributed by atoms with Crippen molar-refractivity contribution in [1.82, 2.24) is 4.98 Å². The lowest BCUT2D eigenvalue weighted by Crippen LogP contribution is -1.80. The summed E-state index contributed by atoms with van der Waals surface area (Å²) in [7, 11) is 0. The zero-order valence-corrected chi connectivity index (χ0v) is 7.65. The predicted molar refractivity (Wildman–Crippen MR) is 52.7 cm³/mol. The summed E-state index contributed by atoms with van der Waals surface area (Å²) in [6.45, 7) is 2.14. The van der Waals surface area contributed by atoms with Gasteiger partial charge in [-0.1, -0.05) is 30.7 Å². The topological polar surface area (TPSA) is 15.8 Å². The van der Waals surface area contributed by atoms with Crippen LogP contribution in [0.2, 0.25) is 5.02 Å². The number of rotatable bonds is 1. The van der Waals surface area contributed by atoms with Gasteiger partial charge in [0, 0.05) is 17.1 Å². The Hall–Kier alpha value is -0.950. The number of aryl methyl sites for hydroxylation is 1. The molecule has 1 heterocycles. The molecule has 0 amide bonds. The summed E-state index contributed by atoms with van der Waals surface area (Å²) in [5, 5.41) is 1.99. The van der Waals surface area contributed by atoms with Crippen LogP contribution in [0, 0.1) is 0 Å². The molecular formula is C10H10ClN. The Morgan fingerprint density at radius 1 is 1.42 bits per heavy atom. The van der Waals surface area contributed by atoms with Gasteiger partial charge in [-0.2, -0.15) is 0 Å². The first-order valence-corrected chi connectivity index (χ1v) is 4.45. The first-order valence-electron chi connectivity index (χ1n) is 4.07. The van der Waals surface area contributed by atoms with Crippen LogP contribution >= 0.6 is 11.6 Å². The molecule has 0 bridgehead atoms. The van der Waals surface area contributed by atoms with Crippen molar-refractivity contribution < 1.29 is 0 Å². The number of H-pyrrole nitrogens is 1. The van der Waals surface area contributed by atoms with Gasteiger partial charge in [-0.15, -0.1) is 0 Å². The number of halogens is 1. The Morgan fingerprint density at radius 3 is 3.00 bits per heavy atom. The highest BCUT2D eigenvalue weighted by Crippen LogP contribution is 2.26. The van der Waals surface area contributed by atoms with Crippen molar-refractivity contribution in [2.75, 3.05) is 0 Å². The SMILES string of the molecule is CCc1cccc2[nH]cc(Cl)c12. The summed E-state index contributed by atoms with van der Waals surface area (Å²) < 4.78 is 0. The Morgan fingerprint density at radius 2 is 2.25 bits per heavy atom. The lowest BCUT2D eigenvalue weighted by atomic mass is 10.1. The van der Waals surface area contributed by atoms with E-state index in [1.807, 2.05) is 18.3 Å². The molecule has 0 spiro atoms. The quantitative estimate of drug-likeness (QED) is 0.691. The largest absolute Gasteiger partial charge is 0.360 e. The van der Waals surface area contributed by atoms with Crippen LogP contribution in [0.1, 0.15) is 12.5 Å². The Kier molecular flexibility index (Phi) is 1.81. The first kappa shape index (κ1) is 7.69. The highest BCUT2D eigenvalue weighted by molar-refractivity contribution is 6.35. The van der Waals surface area contributed by atoms with E-state index in [1.54, 1.807) is 0 Å². The van der Waals surface area contributed by atoms with E-state index in [9.17, 15) is 0 Å². The predicted octanol–water partition coefficient (Wildman–Crippen LogP) is 3.38. The van der Waals surface area contributed by atoms with E-state index in [-0.39, 0.29) is 0 Å². The maximum atomic E-state index is 6.03. The average molecular weight is 180 g/mol. The maximum Gasteiger partial charge on any atom is 0.0661 e. The zero-order valence-electron chi connectivity index (χ0n) is 6.89. The summed E-state index contributed by atoms with van der Waals surface area (Å²) in [6.07, 6.45) is 2.86. The molecule has 1 nitrogen and oxygen atoms in total. The van der Waals surface area contributed by atoms with Crippen LogP contribution in [0.5, 0.6) is 0 Å². The van der Waals surface area contributed by atoms with E-state index in [0.717, 1.165) is 17.0 Å². The number of fused-ring (bicyclic) bond motifs is 1. The first-order chi connectivity index (χ1) is 5.83. The fourth-order valence-electron chi connectivity index (χ4n) is 1.51. The summed E-state index contributed by atoms with van der Waals surface area (Å²) in [5.41, 5.74) is 2.43. The normalized spacial score (nSPS) is 10.8. The highest BCUT2D eigenvalue weighted by atomic mass is 35.5. The fourth-order valence-corrected chi connectivity index (χ4v) is 1.79. The minimum atomic E-state index is 0.822. The molecule has 62 valence electrons. The van der Waals surface area contributed by atoms with E-state index < -0.39 is 0 Å². The fraction of sp³-hybridized carbons (Fsp3) is 0.200. The van der Waals surface area contributed by atoms with Gasteiger partial charge in [0.15, 0.2) is 0 Å². The molecule has 0 aliphatic heterocycles. The van der Waals surface area contributed by atoms with Crippen molar-refractivity contribution in [1.29, 1.82) is 0 Å². The molecule has 12 heavy (non-hydrogen) atoms. The third kappa shape index (κ3) is 1.01. The van der Waals surface area contributed by atoms with Gasteiger partial charge in [0.25, 0.3) is 0 Å². The molecule has 2 rings (SSSR count). The third-order valence-electron chi connectivity index (χ3n) is 2.12. The van der Waals surface area contributed by atoms with Crippen molar-refractivity contribution >= 4 is 22.5 Å². The molecule has 0 aliphatic carbocycles. The van der Waals surface area contributed by atoms with Gasteiger partial charge in [0.2, 0.25) is 0 Å². The molecule has 2 aromatic rings. The van der Waals surface area contributed by atoms with Gasteiger partial charge in [0.1, 0.15) is 0 Å². The van der Waals surface area contributed by atoms with Crippen molar-refractivity contribution in [3.05, 3.63) is 35.0 Å². The van der Waals surface area contributed by atoms with Gasteiger partial charge < -0.3 is 4.98 Å². The second-order valence-corrected chi connectivity index (χ2v) is 3.24. The number of aromatic nitrogens is 1. The van der Waals surface area contributed by atoms with Crippen LogP contribution < -0.4 is 0 Å². The number of hydrogen-bond donors (Lipinski definition) is 1. The van der Waals surface area contributed by atoms with Crippen LogP contribution in [-0.4, -0.2) is 4.98 Å². The molecule has 0 radical (unpaired) electrons. The Balaban J connectivity index is 2.84. The minimum Gasteiger partial charge on any atom is -0.360 e. The van der Waals surface area contributed by atoms with Crippen molar-refractivity contribution in [2.45, 2.75) is 13.3 Å². The van der Waals surface area contributed by atoms with Crippen LogP contribution in [0.3, 0.4) is 0 Å². The molecule has 0 unspecified atom stereocenters. The van der Waals surface area contributed by atoms with Gasteiger partial charge >= 0.3 is 0 Å². The number of hydrogen-bond acceptors (Lipinski definition) is 0. The number of benzene rings is 1.